The van der Waals surface area contributed by atoms with E-state index in [0.717, 1.165) is 43.6 Å². The van der Waals surface area contributed by atoms with Crippen molar-refractivity contribution in [3.05, 3.63) is 33.9 Å². The molecule has 1 heterocycles. The van der Waals surface area contributed by atoms with Crippen LogP contribution in [-0.4, -0.2) is 31.1 Å². The van der Waals surface area contributed by atoms with E-state index in [-0.39, 0.29) is 10.6 Å². The lowest BCUT2D eigenvalue weighted by atomic mass is 10.1. The highest BCUT2D eigenvalue weighted by Crippen LogP contribution is 2.33. The first-order valence-electron chi connectivity index (χ1n) is 6.79. The Bertz CT molecular complexity index is 454. The van der Waals surface area contributed by atoms with Gasteiger partial charge in [-0.15, -0.1) is 0 Å². The predicted octanol–water partition coefficient (Wildman–Crippen LogP) is 2.48. The Labute approximate surface area is 113 Å². The van der Waals surface area contributed by atoms with Crippen LogP contribution < -0.4 is 10.2 Å². The predicted molar refractivity (Wildman–Crippen MR) is 76.7 cm³/mol. The third-order valence-corrected chi connectivity index (χ3v) is 3.87. The number of nitrogens with zero attached hydrogens (tertiary/aromatic N) is 2. The Morgan fingerprint density at radius 1 is 1.37 bits per heavy atom. The number of para-hydroxylation sites is 1. The molecule has 2 rings (SSSR count). The summed E-state index contributed by atoms with van der Waals surface area (Å²) in [5, 5.41) is 14.6. The van der Waals surface area contributed by atoms with Crippen LogP contribution >= 0.6 is 0 Å². The molecule has 19 heavy (non-hydrogen) atoms. The normalized spacial score (nSPS) is 19.8. The maximum Gasteiger partial charge on any atom is 0.295 e. The first kappa shape index (κ1) is 13.8. The fourth-order valence-corrected chi connectivity index (χ4v) is 2.75. The van der Waals surface area contributed by atoms with E-state index in [0.29, 0.717) is 6.04 Å². The third kappa shape index (κ3) is 3.04. The quantitative estimate of drug-likeness (QED) is 0.672. The van der Waals surface area contributed by atoms with Gasteiger partial charge in [-0.05, 0) is 45.3 Å². The van der Waals surface area contributed by atoms with Crippen molar-refractivity contribution in [2.24, 2.45) is 0 Å². The standard InChI is InChI=1S/C14H21N3O2/c1-11-5-3-7-13(14(11)17(18)19)16(2)12-6-4-9-15-10-8-12/h3,5,7,12,15H,4,6,8-10H2,1-2H3. The van der Waals surface area contributed by atoms with Gasteiger partial charge in [0.1, 0.15) is 5.69 Å². The maximum atomic E-state index is 11.3. The van der Waals surface area contributed by atoms with Crippen LogP contribution in [0.5, 0.6) is 0 Å². The summed E-state index contributed by atoms with van der Waals surface area (Å²) in [6.45, 7) is 3.82. The van der Waals surface area contributed by atoms with E-state index < -0.39 is 0 Å². The molecule has 1 N–H and O–H groups in total. The summed E-state index contributed by atoms with van der Waals surface area (Å²) in [6.07, 6.45) is 3.23. The van der Waals surface area contributed by atoms with E-state index in [1.165, 1.54) is 0 Å². The van der Waals surface area contributed by atoms with Crippen molar-refractivity contribution in [2.45, 2.75) is 32.2 Å². The minimum absolute atomic E-state index is 0.238. The van der Waals surface area contributed by atoms with Crippen molar-refractivity contribution in [1.29, 1.82) is 0 Å². The number of anilines is 1. The van der Waals surface area contributed by atoms with Gasteiger partial charge in [-0.3, -0.25) is 10.1 Å². The molecular formula is C14H21N3O2. The van der Waals surface area contributed by atoms with Gasteiger partial charge in [-0.1, -0.05) is 12.1 Å². The van der Waals surface area contributed by atoms with Crippen molar-refractivity contribution in [3.8, 4) is 0 Å². The molecule has 0 radical (unpaired) electrons. The summed E-state index contributed by atoms with van der Waals surface area (Å²) in [5.41, 5.74) is 1.69. The highest BCUT2D eigenvalue weighted by molar-refractivity contribution is 5.66. The molecule has 1 aliphatic rings. The van der Waals surface area contributed by atoms with Gasteiger partial charge in [0.25, 0.3) is 5.69 Å². The van der Waals surface area contributed by atoms with E-state index in [1.54, 1.807) is 13.0 Å². The lowest BCUT2D eigenvalue weighted by Crippen LogP contribution is -2.32. The van der Waals surface area contributed by atoms with Gasteiger partial charge in [-0.2, -0.15) is 0 Å². The molecule has 1 aliphatic heterocycles. The van der Waals surface area contributed by atoms with Gasteiger partial charge in [0.15, 0.2) is 0 Å². The second kappa shape index (κ2) is 6.02. The average Bonchev–Trinajstić information content (AvgIpc) is 2.66. The zero-order chi connectivity index (χ0) is 13.8. The van der Waals surface area contributed by atoms with E-state index >= 15 is 0 Å². The highest BCUT2D eigenvalue weighted by Gasteiger charge is 2.24. The zero-order valence-corrected chi connectivity index (χ0v) is 11.6. The largest absolute Gasteiger partial charge is 0.366 e. The molecular weight excluding hydrogens is 242 g/mol. The second-order valence-electron chi connectivity index (χ2n) is 5.15. The van der Waals surface area contributed by atoms with Crippen LogP contribution in [0.2, 0.25) is 0 Å². The van der Waals surface area contributed by atoms with Gasteiger partial charge in [0.05, 0.1) is 4.92 Å². The Morgan fingerprint density at radius 2 is 2.16 bits per heavy atom. The van der Waals surface area contributed by atoms with Crippen LogP contribution in [0.4, 0.5) is 11.4 Å². The Balaban J connectivity index is 2.29. The zero-order valence-electron chi connectivity index (χ0n) is 11.6. The van der Waals surface area contributed by atoms with E-state index in [9.17, 15) is 10.1 Å². The molecule has 5 nitrogen and oxygen atoms in total. The molecule has 5 heteroatoms. The number of hydrogen-bond acceptors (Lipinski definition) is 4. The number of hydrogen-bond donors (Lipinski definition) is 1. The molecule has 0 aliphatic carbocycles. The molecule has 1 unspecified atom stereocenters. The van der Waals surface area contributed by atoms with Crippen molar-refractivity contribution < 1.29 is 4.92 Å². The molecule has 1 atom stereocenters. The Hall–Kier alpha value is -1.62. The Kier molecular flexibility index (Phi) is 4.37. The van der Waals surface area contributed by atoms with Gasteiger partial charge < -0.3 is 10.2 Å². The van der Waals surface area contributed by atoms with Crippen LogP contribution in [0, 0.1) is 17.0 Å². The fourth-order valence-electron chi connectivity index (χ4n) is 2.75. The number of nitro groups is 1. The van der Waals surface area contributed by atoms with E-state index in [1.807, 2.05) is 19.2 Å². The van der Waals surface area contributed by atoms with Crippen LogP contribution in [-0.2, 0) is 0 Å². The van der Waals surface area contributed by atoms with Gasteiger partial charge >= 0.3 is 0 Å². The summed E-state index contributed by atoms with van der Waals surface area (Å²) in [6, 6.07) is 5.91. The highest BCUT2D eigenvalue weighted by atomic mass is 16.6. The van der Waals surface area contributed by atoms with E-state index in [4.69, 9.17) is 0 Å². The number of nitro benzene ring substituents is 1. The smallest absolute Gasteiger partial charge is 0.295 e. The third-order valence-electron chi connectivity index (χ3n) is 3.87. The SMILES string of the molecule is Cc1cccc(N(C)C2CCCNCC2)c1[N+](=O)[O-]. The van der Waals surface area contributed by atoms with Gasteiger partial charge in [-0.25, -0.2) is 0 Å². The topological polar surface area (TPSA) is 58.4 Å². The molecule has 0 bridgehead atoms. The molecule has 104 valence electrons. The lowest BCUT2D eigenvalue weighted by molar-refractivity contribution is -0.384. The first-order chi connectivity index (χ1) is 9.11. The summed E-state index contributed by atoms with van der Waals surface area (Å²) in [4.78, 5) is 13.1. The first-order valence-corrected chi connectivity index (χ1v) is 6.79. The fraction of sp³-hybridized carbons (Fsp3) is 0.571. The molecule has 1 fully saturated rings. The van der Waals surface area contributed by atoms with Crippen molar-refractivity contribution in [3.63, 3.8) is 0 Å². The number of nitrogens with one attached hydrogen (secondary N) is 1. The second-order valence-corrected chi connectivity index (χ2v) is 5.15. The Morgan fingerprint density at radius 3 is 2.89 bits per heavy atom. The lowest BCUT2D eigenvalue weighted by Gasteiger charge is -2.29. The van der Waals surface area contributed by atoms with Crippen LogP contribution in [0.1, 0.15) is 24.8 Å². The minimum atomic E-state index is -0.268. The van der Waals surface area contributed by atoms with Crippen molar-refractivity contribution in [1.82, 2.24) is 5.32 Å². The minimum Gasteiger partial charge on any atom is -0.366 e. The summed E-state index contributed by atoms with van der Waals surface area (Å²) in [5.74, 6) is 0. The molecule has 0 aromatic heterocycles. The van der Waals surface area contributed by atoms with Crippen molar-refractivity contribution in [2.75, 3.05) is 25.0 Å². The molecule has 1 aromatic rings. The van der Waals surface area contributed by atoms with Crippen LogP contribution in [0.25, 0.3) is 0 Å². The van der Waals surface area contributed by atoms with Crippen LogP contribution in [0.15, 0.2) is 18.2 Å². The van der Waals surface area contributed by atoms with Crippen molar-refractivity contribution >= 4 is 11.4 Å². The number of rotatable bonds is 3. The number of aryl methyl sites for hydroxylation is 1. The van der Waals surface area contributed by atoms with Gasteiger partial charge in [0.2, 0.25) is 0 Å². The molecule has 0 spiro atoms. The molecule has 1 aromatic carbocycles. The molecule has 1 saturated heterocycles. The maximum absolute atomic E-state index is 11.3. The van der Waals surface area contributed by atoms with Gasteiger partial charge in [0, 0.05) is 18.7 Å². The average molecular weight is 263 g/mol. The summed E-state index contributed by atoms with van der Waals surface area (Å²) >= 11 is 0. The summed E-state index contributed by atoms with van der Waals surface area (Å²) < 4.78 is 0. The van der Waals surface area contributed by atoms with E-state index in [2.05, 4.69) is 10.2 Å². The summed E-state index contributed by atoms with van der Waals surface area (Å²) in [7, 11) is 1.97. The monoisotopic (exact) mass is 263 g/mol. The molecule has 0 amide bonds. The van der Waals surface area contributed by atoms with Crippen LogP contribution in [0.3, 0.4) is 0 Å². The molecule has 0 saturated carbocycles. The number of benzene rings is 1.